The van der Waals surface area contributed by atoms with Crippen molar-refractivity contribution in [3.8, 4) is 0 Å². The third-order valence-electron chi connectivity index (χ3n) is 6.12. The van der Waals surface area contributed by atoms with Crippen LogP contribution in [-0.4, -0.2) is 39.1 Å². The zero-order chi connectivity index (χ0) is 22.3. The number of nitrogens with zero attached hydrogens (tertiary/aromatic N) is 1. The maximum atomic E-state index is 13.2. The van der Waals surface area contributed by atoms with Crippen LogP contribution in [-0.2, 0) is 19.2 Å². The number of carbonyl (C=O) groups excluding carboxylic acids is 1. The Kier molecular flexibility index (Phi) is 6.87. The number of carbonyl (C=O) groups is 1. The molecule has 0 unspecified atom stereocenters. The van der Waals surface area contributed by atoms with Crippen molar-refractivity contribution in [2.75, 3.05) is 0 Å². The van der Waals surface area contributed by atoms with E-state index >= 15 is 0 Å². The molecular formula is C22H35NO4SSi. The number of benzene rings is 1. The minimum absolute atomic E-state index is 0.112. The van der Waals surface area contributed by atoms with Crippen molar-refractivity contribution >= 4 is 24.2 Å². The summed E-state index contributed by atoms with van der Waals surface area (Å²) in [4.78, 5) is 13.2. The van der Waals surface area contributed by atoms with E-state index in [0.717, 1.165) is 9.87 Å². The first-order valence-corrected chi connectivity index (χ1v) is 13.8. The second-order valence-electron chi connectivity index (χ2n) is 9.10. The summed E-state index contributed by atoms with van der Waals surface area (Å²) in [7, 11) is -6.30. The average molecular weight is 438 g/mol. The van der Waals surface area contributed by atoms with Crippen LogP contribution >= 0.6 is 0 Å². The van der Waals surface area contributed by atoms with Crippen molar-refractivity contribution < 1.29 is 17.6 Å². The van der Waals surface area contributed by atoms with E-state index in [1.807, 2.05) is 6.92 Å². The van der Waals surface area contributed by atoms with Gasteiger partial charge < -0.3 is 4.43 Å². The highest BCUT2D eigenvalue weighted by molar-refractivity contribution is 7.89. The lowest BCUT2D eigenvalue weighted by atomic mass is 9.96. The van der Waals surface area contributed by atoms with Gasteiger partial charge in [-0.1, -0.05) is 71.4 Å². The molecule has 0 spiro atoms. The topological polar surface area (TPSA) is 63.7 Å². The molecule has 2 atom stereocenters. The first-order valence-electron chi connectivity index (χ1n) is 10.3. The van der Waals surface area contributed by atoms with Crippen molar-refractivity contribution in [2.24, 2.45) is 0 Å². The molecule has 0 aromatic heterocycles. The lowest BCUT2D eigenvalue weighted by Crippen LogP contribution is -2.70. The Hall–Kier alpha value is -1.44. The van der Waals surface area contributed by atoms with Gasteiger partial charge in [-0.05, 0) is 42.6 Å². The van der Waals surface area contributed by atoms with E-state index in [0.29, 0.717) is 22.2 Å². The summed E-state index contributed by atoms with van der Waals surface area (Å²) in [5.41, 5.74) is 2.46. The third kappa shape index (κ3) is 3.96. The largest absolute Gasteiger partial charge is 0.402 e. The number of amides is 1. The Morgan fingerprint density at radius 3 is 1.86 bits per heavy atom. The van der Waals surface area contributed by atoms with Crippen LogP contribution in [0.25, 0.3) is 0 Å². The van der Waals surface area contributed by atoms with E-state index < -0.39 is 36.4 Å². The summed E-state index contributed by atoms with van der Waals surface area (Å²) >= 11 is 0. The average Bonchev–Trinajstić information content (AvgIpc) is 2.58. The summed E-state index contributed by atoms with van der Waals surface area (Å²) in [6.07, 6.45) is -0.786. The van der Waals surface area contributed by atoms with Gasteiger partial charge in [-0.25, -0.2) is 12.7 Å². The van der Waals surface area contributed by atoms with Crippen molar-refractivity contribution in [1.82, 2.24) is 4.31 Å². The van der Waals surface area contributed by atoms with Crippen LogP contribution in [0.4, 0.5) is 0 Å². The van der Waals surface area contributed by atoms with Crippen LogP contribution < -0.4 is 0 Å². The quantitative estimate of drug-likeness (QED) is 0.325. The van der Waals surface area contributed by atoms with Crippen LogP contribution in [0.3, 0.4) is 0 Å². The second kappa shape index (κ2) is 8.36. The zero-order valence-electron chi connectivity index (χ0n) is 18.9. The molecule has 7 heteroatoms. The Balaban J connectivity index is 2.44. The van der Waals surface area contributed by atoms with Crippen LogP contribution in [0.15, 0.2) is 41.3 Å². The number of sulfonamides is 1. The first-order chi connectivity index (χ1) is 13.3. The molecule has 0 N–H and O–H groups in total. The highest BCUT2D eigenvalue weighted by atomic mass is 32.2. The predicted octanol–water partition coefficient (Wildman–Crippen LogP) is 5.03. The Morgan fingerprint density at radius 1 is 1.03 bits per heavy atom. The van der Waals surface area contributed by atoms with Gasteiger partial charge in [0.1, 0.15) is 6.04 Å². The van der Waals surface area contributed by atoms with Crippen LogP contribution in [0, 0.1) is 6.92 Å². The predicted molar refractivity (Wildman–Crippen MR) is 120 cm³/mol. The molecule has 162 valence electrons. The molecule has 0 aliphatic carbocycles. The summed E-state index contributed by atoms with van der Waals surface area (Å²) in [6, 6.07) is 5.87. The van der Waals surface area contributed by atoms with Crippen molar-refractivity contribution in [3.05, 3.63) is 42.0 Å². The fourth-order valence-corrected chi connectivity index (χ4v) is 11.9. The van der Waals surface area contributed by atoms with Crippen LogP contribution in [0.5, 0.6) is 0 Å². The minimum atomic E-state index is -3.95. The Labute approximate surface area is 177 Å². The van der Waals surface area contributed by atoms with E-state index in [4.69, 9.17) is 4.43 Å². The summed E-state index contributed by atoms with van der Waals surface area (Å²) in [6.45, 7) is 20.5. The van der Waals surface area contributed by atoms with E-state index in [1.54, 1.807) is 19.1 Å². The van der Waals surface area contributed by atoms with Crippen molar-refractivity contribution in [3.63, 3.8) is 0 Å². The van der Waals surface area contributed by atoms with Gasteiger partial charge in [0, 0.05) is 0 Å². The molecule has 1 aliphatic rings. The molecule has 1 aromatic carbocycles. The normalized spacial score (nSPS) is 20.5. The molecule has 0 saturated carbocycles. The Morgan fingerprint density at radius 2 is 1.48 bits per heavy atom. The molecule has 2 rings (SSSR count). The number of β-lactam (4-membered cyclic amide) rings is 1. The SMILES string of the molecule is C=C(C)[C@H]1[C@@H](O[Si](C(C)C)(C(C)C)C(C)C)C(=O)N1S(=O)(=O)c1ccc(C)cc1. The molecule has 5 nitrogen and oxygen atoms in total. The van der Waals surface area contributed by atoms with E-state index in [1.165, 1.54) is 12.1 Å². The fraction of sp³-hybridized carbons (Fsp3) is 0.591. The van der Waals surface area contributed by atoms with Gasteiger partial charge >= 0.3 is 0 Å². The van der Waals surface area contributed by atoms with E-state index in [9.17, 15) is 13.2 Å². The monoisotopic (exact) mass is 437 g/mol. The molecule has 1 aliphatic heterocycles. The molecule has 0 bridgehead atoms. The third-order valence-corrected chi connectivity index (χ3v) is 14.0. The number of hydrogen-bond acceptors (Lipinski definition) is 4. The van der Waals surface area contributed by atoms with Gasteiger partial charge in [-0.2, -0.15) is 0 Å². The molecule has 1 heterocycles. The maximum absolute atomic E-state index is 13.2. The smallest absolute Gasteiger partial charge is 0.267 e. The highest BCUT2D eigenvalue weighted by Gasteiger charge is 2.59. The summed E-state index contributed by atoms with van der Waals surface area (Å²) in [5.74, 6) is -0.489. The van der Waals surface area contributed by atoms with E-state index in [-0.39, 0.29) is 4.90 Å². The lowest BCUT2D eigenvalue weighted by Gasteiger charge is -2.52. The molecule has 1 amide bonds. The lowest BCUT2D eigenvalue weighted by molar-refractivity contribution is -0.151. The van der Waals surface area contributed by atoms with Crippen LogP contribution in [0.2, 0.25) is 16.6 Å². The van der Waals surface area contributed by atoms with Crippen molar-refractivity contribution in [2.45, 2.75) is 89.1 Å². The van der Waals surface area contributed by atoms with Gasteiger partial charge in [-0.3, -0.25) is 4.79 Å². The standard InChI is InChI=1S/C22H35NO4SSi/c1-14(2)20-21(27-29(15(3)4,16(5)6)17(7)8)22(24)23(20)28(25,26)19-12-10-18(9)11-13-19/h10-13,15-17,20-21H,1H2,2-9H3/t20-,21+/m0/s1. The molecule has 1 saturated heterocycles. The van der Waals surface area contributed by atoms with E-state index in [2.05, 4.69) is 48.1 Å². The maximum Gasteiger partial charge on any atom is 0.267 e. The molecule has 1 fully saturated rings. The van der Waals surface area contributed by atoms with Crippen LogP contribution in [0.1, 0.15) is 54.0 Å². The fourth-order valence-electron chi connectivity index (χ4n) is 4.73. The minimum Gasteiger partial charge on any atom is -0.402 e. The van der Waals surface area contributed by atoms with Gasteiger partial charge in [0.15, 0.2) is 6.10 Å². The van der Waals surface area contributed by atoms with Gasteiger partial charge in [0.05, 0.1) is 4.90 Å². The van der Waals surface area contributed by atoms with Crippen molar-refractivity contribution in [1.29, 1.82) is 0 Å². The highest BCUT2D eigenvalue weighted by Crippen LogP contribution is 2.46. The second-order valence-corrected chi connectivity index (χ2v) is 16.3. The first kappa shape index (κ1) is 23.8. The molecule has 0 radical (unpaired) electrons. The summed E-state index contributed by atoms with van der Waals surface area (Å²) < 4.78 is 34.0. The number of hydrogen-bond donors (Lipinski definition) is 0. The molecular weight excluding hydrogens is 402 g/mol. The van der Waals surface area contributed by atoms with Gasteiger partial charge in [0.25, 0.3) is 15.9 Å². The number of rotatable bonds is 8. The zero-order valence-corrected chi connectivity index (χ0v) is 20.7. The number of aryl methyl sites for hydroxylation is 1. The van der Waals surface area contributed by atoms with Gasteiger partial charge in [-0.15, -0.1) is 0 Å². The Bertz CT molecular complexity index is 853. The summed E-state index contributed by atoms with van der Waals surface area (Å²) in [5, 5.41) is 0. The molecule has 1 aromatic rings. The molecule has 29 heavy (non-hydrogen) atoms. The van der Waals surface area contributed by atoms with Gasteiger partial charge in [0.2, 0.25) is 8.32 Å².